The molecule has 0 heterocycles. The zero-order valence-electron chi connectivity index (χ0n) is 8.03. The fourth-order valence-electron chi connectivity index (χ4n) is 1.60. The van der Waals surface area contributed by atoms with Gasteiger partial charge in [0.15, 0.2) is 0 Å². The molecule has 13 heavy (non-hydrogen) atoms. The molecule has 1 aliphatic rings. The maximum atomic E-state index is 11.2. The lowest BCUT2D eigenvalue weighted by atomic mass is 9.89. The van der Waals surface area contributed by atoms with Crippen LogP contribution in [0.2, 0.25) is 0 Å². The van der Waals surface area contributed by atoms with Crippen molar-refractivity contribution in [3.8, 4) is 0 Å². The molecule has 0 radical (unpaired) electrons. The van der Waals surface area contributed by atoms with Gasteiger partial charge >= 0.3 is 5.97 Å². The Morgan fingerprint density at radius 3 is 2.38 bits per heavy atom. The van der Waals surface area contributed by atoms with E-state index in [1.165, 1.54) is 19.3 Å². The molecule has 0 amide bonds. The molecule has 0 spiro atoms. The summed E-state index contributed by atoms with van der Waals surface area (Å²) in [5.41, 5.74) is 0. The Morgan fingerprint density at radius 2 is 1.92 bits per heavy atom. The van der Waals surface area contributed by atoms with Crippen LogP contribution in [0.4, 0.5) is 0 Å². The van der Waals surface area contributed by atoms with E-state index >= 15 is 0 Å². The summed E-state index contributed by atoms with van der Waals surface area (Å²) < 4.78 is 11.6. The standard InChI is InChI=1S/C9H16O2.H2OS/c1-2-11-9(10)8-6-4-3-5-7-8;1-2/h8H,2-7H2,1H3;1-2H. The smallest absolute Gasteiger partial charge is 0.308 e. The van der Waals surface area contributed by atoms with Crippen LogP contribution < -0.4 is 0 Å². The lowest BCUT2D eigenvalue weighted by Gasteiger charge is -2.19. The van der Waals surface area contributed by atoms with Crippen LogP contribution in [0.15, 0.2) is 0 Å². The van der Waals surface area contributed by atoms with Crippen molar-refractivity contribution in [1.29, 1.82) is 0 Å². The summed E-state index contributed by atoms with van der Waals surface area (Å²) in [7, 11) is 0. The molecule has 3 nitrogen and oxygen atoms in total. The first-order valence-electron chi connectivity index (χ1n) is 4.71. The van der Waals surface area contributed by atoms with Gasteiger partial charge in [0, 0.05) is 0 Å². The van der Waals surface area contributed by atoms with Gasteiger partial charge in [-0.05, 0) is 32.7 Å². The molecule has 0 aromatic carbocycles. The maximum Gasteiger partial charge on any atom is 0.308 e. The Labute approximate surface area is 85.1 Å². The molecule has 1 aliphatic carbocycles. The van der Waals surface area contributed by atoms with Crippen molar-refractivity contribution in [2.24, 2.45) is 5.92 Å². The van der Waals surface area contributed by atoms with Crippen LogP contribution in [-0.4, -0.2) is 17.1 Å². The van der Waals surface area contributed by atoms with Crippen molar-refractivity contribution in [2.75, 3.05) is 6.61 Å². The molecule has 78 valence electrons. The lowest BCUT2D eigenvalue weighted by Crippen LogP contribution is -2.20. The predicted octanol–water partition coefficient (Wildman–Crippen LogP) is 2.52. The molecule has 0 saturated heterocycles. The van der Waals surface area contributed by atoms with Gasteiger partial charge in [0.1, 0.15) is 0 Å². The molecule has 0 atom stereocenters. The first-order chi connectivity index (χ1) is 6.34. The number of ether oxygens (including phenoxy) is 1. The van der Waals surface area contributed by atoms with Gasteiger partial charge in [0.25, 0.3) is 0 Å². The average molecular weight is 206 g/mol. The van der Waals surface area contributed by atoms with Gasteiger partial charge in [-0.2, -0.15) is 0 Å². The molecule has 0 unspecified atom stereocenters. The Morgan fingerprint density at radius 1 is 1.38 bits per heavy atom. The number of rotatable bonds is 2. The van der Waals surface area contributed by atoms with Crippen LogP contribution in [0.5, 0.6) is 0 Å². The van der Waals surface area contributed by atoms with Crippen LogP contribution in [0, 0.1) is 5.92 Å². The van der Waals surface area contributed by atoms with E-state index in [0.717, 1.165) is 12.8 Å². The highest BCUT2D eigenvalue weighted by Crippen LogP contribution is 2.24. The van der Waals surface area contributed by atoms with E-state index in [1.807, 2.05) is 6.92 Å². The van der Waals surface area contributed by atoms with Crippen LogP contribution >= 0.6 is 12.9 Å². The zero-order valence-corrected chi connectivity index (χ0v) is 8.93. The fraction of sp³-hybridized carbons (Fsp3) is 0.889. The number of esters is 1. The van der Waals surface area contributed by atoms with E-state index in [-0.39, 0.29) is 11.9 Å². The van der Waals surface area contributed by atoms with E-state index in [4.69, 9.17) is 9.29 Å². The first-order valence-corrected chi connectivity index (χ1v) is 5.11. The first kappa shape index (κ1) is 12.8. The Kier molecular flexibility index (Phi) is 8.24. The van der Waals surface area contributed by atoms with Gasteiger partial charge < -0.3 is 9.29 Å². The maximum absolute atomic E-state index is 11.2. The van der Waals surface area contributed by atoms with E-state index in [1.54, 1.807) is 0 Å². The Hall–Kier alpha value is -0.220. The molecule has 0 bridgehead atoms. The topological polar surface area (TPSA) is 46.5 Å². The normalized spacial score (nSPS) is 17.2. The molecular formula is C9H18O3S. The molecule has 0 aliphatic heterocycles. The summed E-state index contributed by atoms with van der Waals surface area (Å²) in [6, 6.07) is 0. The minimum absolute atomic E-state index is 0.0206. The summed E-state index contributed by atoms with van der Waals surface area (Å²) in [6.45, 7) is 2.38. The quantitative estimate of drug-likeness (QED) is 0.414. The minimum atomic E-state index is 0.0206. The fourth-order valence-corrected chi connectivity index (χ4v) is 1.60. The third kappa shape index (κ3) is 5.16. The van der Waals surface area contributed by atoms with Crippen molar-refractivity contribution < 1.29 is 14.1 Å². The number of thiol groups is 1. The molecule has 1 rings (SSSR count). The summed E-state index contributed by atoms with van der Waals surface area (Å²) in [4.78, 5) is 11.2. The molecule has 0 aromatic rings. The van der Waals surface area contributed by atoms with E-state index in [2.05, 4.69) is 12.9 Å². The number of hydrogen-bond acceptors (Lipinski definition) is 4. The highest BCUT2D eigenvalue weighted by Gasteiger charge is 2.21. The van der Waals surface area contributed by atoms with E-state index in [0.29, 0.717) is 6.61 Å². The third-order valence-corrected chi connectivity index (χ3v) is 2.23. The highest BCUT2D eigenvalue weighted by atomic mass is 32.1. The molecule has 4 heteroatoms. The van der Waals surface area contributed by atoms with Gasteiger partial charge in [-0.25, -0.2) is 0 Å². The minimum Gasteiger partial charge on any atom is -0.466 e. The van der Waals surface area contributed by atoms with Crippen LogP contribution in [0.1, 0.15) is 39.0 Å². The summed E-state index contributed by atoms with van der Waals surface area (Å²) in [5, 5.41) is 0. The monoisotopic (exact) mass is 206 g/mol. The molecule has 1 fully saturated rings. The van der Waals surface area contributed by atoms with E-state index in [9.17, 15) is 4.79 Å². The van der Waals surface area contributed by atoms with Crippen molar-refractivity contribution >= 4 is 18.9 Å². The number of hydrogen-bond donors (Lipinski definition) is 2. The van der Waals surface area contributed by atoms with Gasteiger partial charge in [-0.15, -0.1) is 0 Å². The van der Waals surface area contributed by atoms with Crippen molar-refractivity contribution in [2.45, 2.75) is 39.0 Å². The van der Waals surface area contributed by atoms with Crippen LogP contribution in [-0.2, 0) is 9.53 Å². The summed E-state index contributed by atoms with van der Waals surface area (Å²) in [6.07, 6.45) is 5.76. The SMILES string of the molecule is CCOC(=O)C1CCCCC1.OS. The molecule has 1 saturated carbocycles. The van der Waals surface area contributed by atoms with Crippen molar-refractivity contribution in [1.82, 2.24) is 0 Å². The van der Waals surface area contributed by atoms with E-state index < -0.39 is 0 Å². The van der Waals surface area contributed by atoms with Gasteiger partial charge in [0.2, 0.25) is 0 Å². The second-order valence-corrected chi connectivity index (χ2v) is 3.09. The van der Waals surface area contributed by atoms with Crippen LogP contribution in [0.25, 0.3) is 0 Å². The Balaban J connectivity index is 0.000000671. The summed E-state index contributed by atoms with van der Waals surface area (Å²) >= 11 is 2.53. The van der Waals surface area contributed by atoms with Gasteiger partial charge in [-0.3, -0.25) is 4.79 Å². The predicted molar refractivity (Wildman–Crippen MR) is 54.8 cm³/mol. The average Bonchev–Trinajstić information content (AvgIpc) is 2.23. The second-order valence-electron chi connectivity index (χ2n) is 3.09. The highest BCUT2D eigenvalue weighted by molar-refractivity contribution is 7.74. The lowest BCUT2D eigenvalue weighted by molar-refractivity contribution is -0.149. The zero-order chi connectivity index (χ0) is 10.1. The molecular weight excluding hydrogens is 188 g/mol. The summed E-state index contributed by atoms with van der Waals surface area (Å²) in [5.74, 6) is 0.232. The third-order valence-electron chi connectivity index (χ3n) is 2.23. The Bertz CT molecular complexity index is 133. The largest absolute Gasteiger partial charge is 0.466 e. The van der Waals surface area contributed by atoms with Crippen molar-refractivity contribution in [3.05, 3.63) is 0 Å². The number of carbonyl (C=O) groups excluding carboxylic acids is 1. The van der Waals surface area contributed by atoms with Gasteiger partial charge in [-0.1, -0.05) is 19.3 Å². The van der Waals surface area contributed by atoms with Crippen LogP contribution in [0.3, 0.4) is 0 Å². The second kappa shape index (κ2) is 8.38. The molecule has 1 N–H and O–H groups in total. The number of carbonyl (C=O) groups is 1. The van der Waals surface area contributed by atoms with Crippen molar-refractivity contribution in [3.63, 3.8) is 0 Å². The molecule has 0 aromatic heterocycles. The van der Waals surface area contributed by atoms with Gasteiger partial charge in [0.05, 0.1) is 12.5 Å².